The first-order valence-corrected chi connectivity index (χ1v) is 7.55. The van der Waals surface area contributed by atoms with Crippen LogP contribution in [0.2, 0.25) is 0 Å². The number of carbonyl (C=O) groups is 1. The number of aromatic nitrogens is 1. The van der Waals surface area contributed by atoms with E-state index in [2.05, 4.69) is 15.2 Å². The molecule has 2 heterocycles. The van der Waals surface area contributed by atoms with Crippen LogP contribution in [0.1, 0.15) is 16.8 Å². The first-order chi connectivity index (χ1) is 11.5. The summed E-state index contributed by atoms with van der Waals surface area (Å²) in [6.45, 7) is 1.50. The van der Waals surface area contributed by atoms with Crippen molar-refractivity contribution in [2.75, 3.05) is 23.3 Å². The molecule has 0 aliphatic carbocycles. The highest BCUT2D eigenvalue weighted by molar-refractivity contribution is 5.98. The summed E-state index contributed by atoms with van der Waals surface area (Å²) in [6, 6.07) is 10.5. The fraction of sp³-hybridized carbons (Fsp3) is 0.250. The van der Waals surface area contributed by atoms with Crippen LogP contribution in [0.15, 0.2) is 42.6 Å². The van der Waals surface area contributed by atoms with Crippen molar-refractivity contribution in [3.05, 3.63) is 58.3 Å². The van der Waals surface area contributed by atoms with Gasteiger partial charge in [0.2, 0.25) is 0 Å². The monoisotopic (exact) mass is 327 g/mol. The van der Waals surface area contributed by atoms with E-state index in [1.807, 2.05) is 12.1 Å². The molecule has 2 aromatic rings. The van der Waals surface area contributed by atoms with Crippen LogP contribution >= 0.6 is 0 Å². The van der Waals surface area contributed by atoms with Crippen molar-refractivity contribution in [1.82, 2.24) is 4.98 Å². The van der Waals surface area contributed by atoms with Crippen LogP contribution in [-0.4, -0.2) is 34.9 Å². The molecule has 1 aliphatic rings. The van der Waals surface area contributed by atoms with E-state index in [1.165, 1.54) is 12.3 Å². The Balaban J connectivity index is 1.67. The van der Waals surface area contributed by atoms with Gasteiger partial charge in [0, 0.05) is 30.9 Å². The molecule has 1 aromatic heterocycles. The number of pyridine rings is 1. The second-order valence-electron chi connectivity index (χ2n) is 5.62. The number of amides is 1. The molecule has 0 unspecified atom stereocenters. The van der Waals surface area contributed by atoms with E-state index in [0.717, 1.165) is 24.3 Å². The Morgan fingerprint density at radius 1 is 1.33 bits per heavy atom. The SMILES string of the molecule is NC(=O)c1ccccc1N1CC[C@@H](Nc2ccc([N+](=O)[O-])nc2)C1. The zero-order chi connectivity index (χ0) is 17.1. The van der Waals surface area contributed by atoms with Crippen LogP contribution in [0.25, 0.3) is 0 Å². The summed E-state index contributed by atoms with van der Waals surface area (Å²) in [7, 11) is 0. The summed E-state index contributed by atoms with van der Waals surface area (Å²) in [4.78, 5) is 27.6. The van der Waals surface area contributed by atoms with Gasteiger partial charge in [-0.2, -0.15) is 0 Å². The van der Waals surface area contributed by atoms with Gasteiger partial charge in [0.1, 0.15) is 0 Å². The molecule has 0 spiro atoms. The fourth-order valence-electron chi connectivity index (χ4n) is 2.87. The second-order valence-corrected chi connectivity index (χ2v) is 5.62. The topological polar surface area (TPSA) is 114 Å². The van der Waals surface area contributed by atoms with Gasteiger partial charge in [0.25, 0.3) is 5.91 Å². The molecule has 1 amide bonds. The van der Waals surface area contributed by atoms with Gasteiger partial charge in [-0.15, -0.1) is 0 Å². The molecular weight excluding hydrogens is 310 g/mol. The molecule has 1 aromatic carbocycles. The van der Waals surface area contributed by atoms with Gasteiger partial charge in [-0.25, -0.2) is 0 Å². The van der Waals surface area contributed by atoms with E-state index in [1.54, 1.807) is 18.2 Å². The maximum atomic E-state index is 11.6. The molecule has 1 aliphatic heterocycles. The van der Waals surface area contributed by atoms with Gasteiger partial charge in [0.15, 0.2) is 6.20 Å². The molecule has 3 rings (SSSR count). The lowest BCUT2D eigenvalue weighted by atomic mass is 10.1. The molecule has 3 N–H and O–H groups in total. The average Bonchev–Trinajstić information content (AvgIpc) is 3.03. The van der Waals surface area contributed by atoms with Crippen molar-refractivity contribution in [1.29, 1.82) is 0 Å². The minimum Gasteiger partial charge on any atom is -0.377 e. The number of carbonyl (C=O) groups excluding carboxylic acids is 1. The lowest BCUT2D eigenvalue weighted by Crippen LogP contribution is -2.28. The van der Waals surface area contributed by atoms with Gasteiger partial charge in [-0.1, -0.05) is 12.1 Å². The Kier molecular flexibility index (Phi) is 4.28. The smallest absolute Gasteiger partial charge is 0.363 e. The molecule has 24 heavy (non-hydrogen) atoms. The highest BCUT2D eigenvalue weighted by atomic mass is 16.6. The maximum Gasteiger partial charge on any atom is 0.363 e. The largest absolute Gasteiger partial charge is 0.377 e. The van der Waals surface area contributed by atoms with Gasteiger partial charge >= 0.3 is 5.82 Å². The number of hydrogen-bond donors (Lipinski definition) is 2. The Morgan fingerprint density at radius 3 is 2.79 bits per heavy atom. The van der Waals surface area contributed by atoms with Crippen LogP contribution in [0.5, 0.6) is 0 Å². The minimum absolute atomic E-state index is 0.161. The number of nitro groups is 1. The van der Waals surface area contributed by atoms with Crippen LogP contribution in [0.3, 0.4) is 0 Å². The third-order valence-electron chi connectivity index (χ3n) is 4.00. The summed E-state index contributed by atoms with van der Waals surface area (Å²) in [5.74, 6) is -0.620. The highest BCUT2D eigenvalue weighted by Gasteiger charge is 2.25. The Labute approximate surface area is 138 Å². The molecule has 0 saturated carbocycles. The van der Waals surface area contributed by atoms with E-state index in [-0.39, 0.29) is 11.9 Å². The van der Waals surface area contributed by atoms with Gasteiger partial charge in [-0.3, -0.25) is 4.79 Å². The molecule has 1 fully saturated rings. The number of hydrogen-bond acceptors (Lipinski definition) is 6. The van der Waals surface area contributed by atoms with Gasteiger partial charge in [-0.05, 0) is 34.5 Å². The van der Waals surface area contributed by atoms with Crippen molar-refractivity contribution in [2.24, 2.45) is 5.73 Å². The zero-order valence-electron chi connectivity index (χ0n) is 12.9. The maximum absolute atomic E-state index is 11.6. The number of primary amides is 1. The number of nitrogens with two attached hydrogens (primary N) is 1. The van der Waals surface area contributed by atoms with Gasteiger partial charge in [0.05, 0.1) is 11.3 Å². The first kappa shape index (κ1) is 15.7. The van der Waals surface area contributed by atoms with Crippen molar-refractivity contribution < 1.29 is 9.72 Å². The standard InChI is InChI=1S/C16H17N5O3/c17-16(22)13-3-1-2-4-14(13)20-8-7-12(10-20)19-11-5-6-15(18-9-11)21(23)24/h1-6,9,12,19H,7-8,10H2,(H2,17,22)/t12-/m1/s1. The third-order valence-corrected chi connectivity index (χ3v) is 4.00. The van der Waals surface area contributed by atoms with Crippen molar-refractivity contribution in [3.8, 4) is 0 Å². The average molecular weight is 327 g/mol. The van der Waals surface area contributed by atoms with Crippen molar-refractivity contribution >= 4 is 23.1 Å². The molecule has 8 nitrogen and oxygen atoms in total. The normalized spacial score (nSPS) is 16.8. The van der Waals surface area contributed by atoms with Gasteiger partial charge < -0.3 is 26.1 Å². The number of anilines is 2. The fourth-order valence-corrected chi connectivity index (χ4v) is 2.87. The van der Waals surface area contributed by atoms with Crippen LogP contribution < -0.4 is 16.0 Å². The van der Waals surface area contributed by atoms with E-state index >= 15 is 0 Å². The molecule has 1 saturated heterocycles. The second kappa shape index (κ2) is 6.53. The van der Waals surface area contributed by atoms with E-state index in [0.29, 0.717) is 12.1 Å². The summed E-state index contributed by atoms with van der Waals surface area (Å²) in [5, 5.41) is 13.9. The zero-order valence-corrected chi connectivity index (χ0v) is 12.9. The van der Waals surface area contributed by atoms with Crippen LogP contribution in [0, 0.1) is 10.1 Å². The van der Waals surface area contributed by atoms with E-state index in [4.69, 9.17) is 5.73 Å². The number of para-hydroxylation sites is 1. The lowest BCUT2D eigenvalue weighted by Gasteiger charge is -2.21. The number of rotatable bonds is 5. The predicted octanol–water partition coefficient (Wildman–Crippen LogP) is 1.78. The minimum atomic E-state index is -0.526. The number of nitrogens with zero attached hydrogens (tertiary/aromatic N) is 3. The Hall–Kier alpha value is -3.16. The molecule has 0 radical (unpaired) electrons. The molecule has 8 heteroatoms. The van der Waals surface area contributed by atoms with E-state index < -0.39 is 10.8 Å². The van der Waals surface area contributed by atoms with Crippen molar-refractivity contribution in [3.63, 3.8) is 0 Å². The summed E-state index contributed by atoms with van der Waals surface area (Å²) in [6.07, 6.45) is 2.34. The first-order valence-electron chi connectivity index (χ1n) is 7.55. The van der Waals surface area contributed by atoms with Crippen LogP contribution in [0.4, 0.5) is 17.2 Å². The van der Waals surface area contributed by atoms with E-state index in [9.17, 15) is 14.9 Å². The number of nitrogens with one attached hydrogen (secondary N) is 1. The summed E-state index contributed by atoms with van der Waals surface area (Å²) in [5.41, 5.74) is 7.51. The highest BCUT2D eigenvalue weighted by Crippen LogP contribution is 2.26. The molecule has 0 bridgehead atoms. The lowest BCUT2D eigenvalue weighted by molar-refractivity contribution is -0.389. The molecule has 124 valence electrons. The number of benzene rings is 1. The van der Waals surface area contributed by atoms with Crippen LogP contribution in [-0.2, 0) is 0 Å². The third kappa shape index (κ3) is 3.27. The summed E-state index contributed by atoms with van der Waals surface area (Å²) >= 11 is 0. The summed E-state index contributed by atoms with van der Waals surface area (Å²) < 4.78 is 0. The Morgan fingerprint density at radius 2 is 2.12 bits per heavy atom. The quantitative estimate of drug-likeness (QED) is 0.639. The predicted molar refractivity (Wildman–Crippen MR) is 90.1 cm³/mol. The molecular formula is C16H17N5O3. The van der Waals surface area contributed by atoms with Crippen molar-refractivity contribution in [2.45, 2.75) is 12.5 Å². The Bertz CT molecular complexity index is 763. The molecule has 1 atom stereocenters.